The van der Waals surface area contributed by atoms with Crippen molar-refractivity contribution in [1.29, 1.82) is 0 Å². The minimum atomic E-state index is -0.343. The molecule has 2 saturated heterocycles. The van der Waals surface area contributed by atoms with Crippen molar-refractivity contribution in [3.8, 4) is 17.2 Å². The van der Waals surface area contributed by atoms with Gasteiger partial charge in [0.15, 0.2) is 11.5 Å². The molecule has 2 fully saturated rings. The molecule has 31 heavy (non-hydrogen) atoms. The summed E-state index contributed by atoms with van der Waals surface area (Å²) < 4.78 is 24.0. The molecule has 3 aliphatic rings. The number of ether oxygens (including phenoxy) is 4. The van der Waals surface area contributed by atoms with Crippen LogP contribution in [0.3, 0.4) is 0 Å². The monoisotopic (exact) mass is 423 g/mol. The molecule has 0 bridgehead atoms. The number of para-hydroxylation sites is 2. The number of amides is 1. The van der Waals surface area contributed by atoms with Crippen molar-refractivity contribution < 1.29 is 23.7 Å². The lowest BCUT2D eigenvalue weighted by Gasteiger charge is -2.53. The first kappa shape index (κ1) is 20.2. The number of likely N-dealkylation sites (tertiary alicyclic amines) is 1. The average molecular weight is 424 g/mol. The van der Waals surface area contributed by atoms with Crippen LogP contribution >= 0.6 is 0 Å². The van der Waals surface area contributed by atoms with Gasteiger partial charge in [-0.25, -0.2) is 0 Å². The van der Waals surface area contributed by atoms with Crippen LogP contribution in [-0.4, -0.2) is 50.3 Å². The van der Waals surface area contributed by atoms with Crippen molar-refractivity contribution in [1.82, 2.24) is 4.90 Å². The van der Waals surface area contributed by atoms with Gasteiger partial charge in [0.05, 0.1) is 25.9 Å². The number of carbonyl (C=O) groups excluding carboxylic acids is 1. The molecule has 1 spiro atoms. The summed E-state index contributed by atoms with van der Waals surface area (Å²) in [5, 5.41) is 0. The molecule has 5 rings (SSSR count). The van der Waals surface area contributed by atoms with E-state index in [-0.39, 0.29) is 23.5 Å². The zero-order chi connectivity index (χ0) is 21.4. The second-order valence-electron chi connectivity index (χ2n) is 8.58. The molecular weight excluding hydrogens is 394 g/mol. The molecule has 0 N–H and O–H groups in total. The second kappa shape index (κ2) is 8.08. The van der Waals surface area contributed by atoms with Gasteiger partial charge in [0, 0.05) is 44.0 Å². The summed E-state index contributed by atoms with van der Waals surface area (Å²) >= 11 is 0. The van der Waals surface area contributed by atoms with Crippen LogP contribution < -0.4 is 14.2 Å². The molecule has 2 aromatic carbocycles. The average Bonchev–Trinajstić information content (AvgIpc) is 2.84. The van der Waals surface area contributed by atoms with E-state index in [1.807, 2.05) is 41.3 Å². The summed E-state index contributed by atoms with van der Waals surface area (Å²) in [4.78, 5) is 15.1. The van der Waals surface area contributed by atoms with Gasteiger partial charge in [-0.15, -0.1) is 0 Å². The Bertz CT molecular complexity index is 966. The van der Waals surface area contributed by atoms with Gasteiger partial charge >= 0.3 is 0 Å². The normalized spacial score (nSPS) is 24.0. The first-order chi connectivity index (χ1) is 15.2. The lowest BCUT2D eigenvalue weighted by molar-refractivity contribution is -0.147. The Balaban J connectivity index is 1.41. The number of piperidine rings is 1. The zero-order valence-electron chi connectivity index (χ0n) is 18.1. The highest BCUT2D eigenvalue weighted by atomic mass is 16.5. The highest BCUT2D eigenvalue weighted by Crippen LogP contribution is 2.55. The topological polar surface area (TPSA) is 57.2 Å². The molecular formula is C25H29NO5. The molecule has 3 heterocycles. The smallest absolute Gasteiger partial charge is 0.257 e. The summed E-state index contributed by atoms with van der Waals surface area (Å²) in [5.41, 5.74) is 1.35. The van der Waals surface area contributed by atoms with Crippen LogP contribution in [0, 0.1) is 5.92 Å². The molecule has 6 nitrogen and oxygen atoms in total. The molecule has 2 atom stereocenters. The quantitative estimate of drug-likeness (QED) is 0.739. The number of fused-ring (bicyclic) bond motifs is 4. The van der Waals surface area contributed by atoms with Gasteiger partial charge in [-0.1, -0.05) is 24.3 Å². The fourth-order valence-corrected chi connectivity index (χ4v) is 5.49. The minimum Gasteiger partial charge on any atom is -0.496 e. The van der Waals surface area contributed by atoms with Crippen molar-refractivity contribution in [3.05, 3.63) is 53.6 Å². The summed E-state index contributed by atoms with van der Waals surface area (Å²) in [6.07, 6.45) is 3.67. The number of benzene rings is 2. The maximum absolute atomic E-state index is 13.2. The Kier molecular flexibility index (Phi) is 5.26. The number of nitrogens with zero attached hydrogens (tertiary/aromatic N) is 1. The minimum absolute atomic E-state index is 0.0116. The number of hydrogen-bond donors (Lipinski definition) is 0. The van der Waals surface area contributed by atoms with E-state index >= 15 is 0 Å². The Morgan fingerprint density at radius 3 is 2.55 bits per heavy atom. The lowest BCUT2D eigenvalue weighted by Crippen LogP contribution is -2.57. The lowest BCUT2D eigenvalue weighted by atomic mass is 9.70. The van der Waals surface area contributed by atoms with Crippen molar-refractivity contribution in [2.24, 2.45) is 5.92 Å². The van der Waals surface area contributed by atoms with Crippen molar-refractivity contribution >= 4 is 5.91 Å². The molecule has 164 valence electrons. The number of hydrogen-bond acceptors (Lipinski definition) is 5. The van der Waals surface area contributed by atoms with Crippen LogP contribution in [0.25, 0.3) is 0 Å². The molecule has 1 amide bonds. The largest absolute Gasteiger partial charge is 0.496 e. The Morgan fingerprint density at radius 2 is 1.77 bits per heavy atom. The van der Waals surface area contributed by atoms with Crippen LogP contribution in [0.4, 0.5) is 0 Å². The third-order valence-electron chi connectivity index (χ3n) is 7.07. The highest BCUT2D eigenvalue weighted by molar-refractivity contribution is 5.97. The third-order valence-corrected chi connectivity index (χ3v) is 7.07. The maximum atomic E-state index is 13.2. The standard InChI is InChI=1S/C25H29NO5/c1-28-20-10-4-3-7-17(20)24(27)26-14-12-25(13-15-26)19-9-6-16-30-22(19)18-8-5-11-21(29-2)23(18)31-25/h3-5,7-8,10-11,19,22H,6,9,12-16H2,1-2H3/t19-,22+/m0/s1. The number of methoxy groups -OCH3 is 2. The van der Waals surface area contributed by atoms with Gasteiger partial charge in [0.25, 0.3) is 5.91 Å². The van der Waals surface area contributed by atoms with Gasteiger partial charge < -0.3 is 23.8 Å². The van der Waals surface area contributed by atoms with Gasteiger partial charge in [0.2, 0.25) is 0 Å². The van der Waals surface area contributed by atoms with Gasteiger partial charge in [-0.3, -0.25) is 4.79 Å². The Morgan fingerprint density at radius 1 is 1.03 bits per heavy atom. The van der Waals surface area contributed by atoms with Crippen LogP contribution in [0.1, 0.15) is 47.7 Å². The molecule has 0 saturated carbocycles. The van der Waals surface area contributed by atoms with E-state index in [1.165, 1.54) is 0 Å². The van der Waals surface area contributed by atoms with Crippen molar-refractivity contribution in [2.75, 3.05) is 33.9 Å². The third kappa shape index (κ3) is 3.33. The Hall–Kier alpha value is -2.73. The second-order valence-corrected chi connectivity index (χ2v) is 8.58. The summed E-state index contributed by atoms with van der Waals surface area (Å²) in [5.74, 6) is 2.46. The molecule has 0 radical (unpaired) electrons. The predicted octanol–water partition coefficient (Wildman–Crippen LogP) is 4.24. The molecule has 2 aromatic rings. The fourth-order valence-electron chi connectivity index (χ4n) is 5.49. The molecule has 6 heteroatoms. The van der Waals surface area contributed by atoms with E-state index in [0.29, 0.717) is 24.4 Å². The van der Waals surface area contributed by atoms with Crippen LogP contribution in [0.15, 0.2) is 42.5 Å². The van der Waals surface area contributed by atoms with E-state index in [1.54, 1.807) is 14.2 Å². The van der Waals surface area contributed by atoms with E-state index in [2.05, 4.69) is 6.07 Å². The maximum Gasteiger partial charge on any atom is 0.257 e. The first-order valence-electron chi connectivity index (χ1n) is 11.1. The van der Waals surface area contributed by atoms with Gasteiger partial charge in [0.1, 0.15) is 11.4 Å². The van der Waals surface area contributed by atoms with E-state index in [9.17, 15) is 4.79 Å². The molecule has 3 aliphatic heterocycles. The van der Waals surface area contributed by atoms with E-state index in [0.717, 1.165) is 49.4 Å². The van der Waals surface area contributed by atoms with Crippen LogP contribution in [-0.2, 0) is 4.74 Å². The SMILES string of the molecule is COc1ccccc1C(=O)N1CCC2(CC1)Oc1c(OC)cccc1[C@H]1OCCC[C@@H]12. The van der Waals surface area contributed by atoms with E-state index < -0.39 is 0 Å². The van der Waals surface area contributed by atoms with Crippen molar-refractivity contribution in [2.45, 2.75) is 37.4 Å². The van der Waals surface area contributed by atoms with E-state index in [4.69, 9.17) is 18.9 Å². The van der Waals surface area contributed by atoms with Gasteiger partial charge in [-0.05, 0) is 31.0 Å². The van der Waals surface area contributed by atoms with Crippen LogP contribution in [0.2, 0.25) is 0 Å². The highest BCUT2D eigenvalue weighted by Gasteiger charge is 2.53. The number of carbonyl (C=O) groups is 1. The summed E-state index contributed by atoms with van der Waals surface area (Å²) in [6.45, 7) is 2.06. The molecule has 0 unspecified atom stereocenters. The zero-order valence-corrected chi connectivity index (χ0v) is 18.1. The van der Waals surface area contributed by atoms with Gasteiger partial charge in [-0.2, -0.15) is 0 Å². The summed E-state index contributed by atoms with van der Waals surface area (Å²) in [7, 11) is 3.27. The number of rotatable bonds is 3. The van der Waals surface area contributed by atoms with Crippen LogP contribution in [0.5, 0.6) is 17.2 Å². The van der Waals surface area contributed by atoms with Crippen molar-refractivity contribution in [3.63, 3.8) is 0 Å². The summed E-state index contributed by atoms with van der Waals surface area (Å²) in [6, 6.07) is 13.4. The Labute approximate surface area is 183 Å². The molecule has 0 aromatic heterocycles. The predicted molar refractivity (Wildman–Crippen MR) is 116 cm³/mol. The molecule has 0 aliphatic carbocycles. The fraction of sp³-hybridized carbons (Fsp3) is 0.480. The first-order valence-corrected chi connectivity index (χ1v) is 11.1.